The molecule has 0 fully saturated rings. The van der Waals surface area contributed by atoms with Crippen LogP contribution in [0.25, 0.3) is 0 Å². The summed E-state index contributed by atoms with van der Waals surface area (Å²) in [6.07, 6.45) is 4.21. The van der Waals surface area contributed by atoms with Crippen LogP contribution in [0, 0.1) is 0 Å². The molecule has 0 unspecified atom stereocenters. The Hall–Kier alpha value is -1.03. The van der Waals surface area contributed by atoms with E-state index in [9.17, 15) is 0 Å². The highest BCUT2D eigenvalue weighted by Crippen LogP contribution is 2.05. The Morgan fingerprint density at radius 3 is 3.14 bits per heavy atom. The standard InChI is InChI=1S/C10H19N3O/c1-3-4-6-11-10-5-7-12-13(10)8-9-14-2/h5,7,11H,3-4,6,8-9H2,1-2H3. The number of unbranched alkanes of at least 4 members (excludes halogenated alkanes) is 1. The van der Waals surface area contributed by atoms with E-state index in [-0.39, 0.29) is 0 Å². The lowest BCUT2D eigenvalue weighted by atomic mass is 10.3. The van der Waals surface area contributed by atoms with Crippen molar-refractivity contribution in [2.75, 3.05) is 25.6 Å². The first kappa shape index (κ1) is 11.0. The van der Waals surface area contributed by atoms with Gasteiger partial charge in [0.05, 0.1) is 19.3 Å². The Balaban J connectivity index is 2.37. The highest BCUT2D eigenvalue weighted by Gasteiger charge is 1.99. The number of anilines is 1. The quantitative estimate of drug-likeness (QED) is 0.677. The van der Waals surface area contributed by atoms with Gasteiger partial charge < -0.3 is 10.1 Å². The van der Waals surface area contributed by atoms with Gasteiger partial charge in [-0.3, -0.25) is 0 Å². The maximum atomic E-state index is 5.01. The van der Waals surface area contributed by atoms with Crippen molar-refractivity contribution in [3.63, 3.8) is 0 Å². The molecule has 0 atom stereocenters. The molecule has 4 heteroatoms. The summed E-state index contributed by atoms with van der Waals surface area (Å²) in [5, 5.41) is 7.55. The average Bonchev–Trinajstić information content (AvgIpc) is 2.63. The second-order valence-corrected chi connectivity index (χ2v) is 3.21. The largest absolute Gasteiger partial charge is 0.383 e. The van der Waals surface area contributed by atoms with Crippen LogP contribution in [0.3, 0.4) is 0 Å². The first-order chi connectivity index (χ1) is 6.88. The number of rotatable bonds is 7. The second kappa shape index (κ2) is 6.43. The summed E-state index contributed by atoms with van der Waals surface area (Å²) >= 11 is 0. The molecule has 80 valence electrons. The lowest BCUT2D eigenvalue weighted by Crippen LogP contribution is -2.11. The summed E-state index contributed by atoms with van der Waals surface area (Å²) in [6, 6.07) is 1.99. The van der Waals surface area contributed by atoms with E-state index in [1.165, 1.54) is 12.8 Å². The highest BCUT2D eigenvalue weighted by molar-refractivity contribution is 5.33. The maximum Gasteiger partial charge on any atom is 0.124 e. The fourth-order valence-corrected chi connectivity index (χ4v) is 1.23. The normalized spacial score (nSPS) is 10.4. The summed E-state index contributed by atoms with van der Waals surface area (Å²) < 4.78 is 6.94. The Kier molecular flexibility index (Phi) is 5.07. The van der Waals surface area contributed by atoms with Crippen LogP contribution >= 0.6 is 0 Å². The summed E-state index contributed by atoms with van der Waals surface area (Å²) in [4.78, 5) is 0. The second-order valence-electron chi connectivity index (χ2n) is 3.21. The van der Waals surface area contributed by atoms with E-state index in [0.717, 1.165) is 18.9 Å². The molecule has 0 radical (unpaired) electrons. The zero-order chi connectivity index (χ0) is 10.2. The molecule has 14 heavy (non-hydrogen) atoms. The first-order valence-electron chi connectivity index (χ1n) is 5.13. The molecule has 1 heterocycles. The van der Waals surface area contributed by atoms with E-state index < -0.39 is 0 Å². The highest BCUT2D eigenvalue weighted by atomic mass is 16.5. The van der Waals surface area contributed by atoms with Crippen LogP contribution in [-0.4, -0.2) is 30.0 Å². The first-order valence-corrected chi connectivity index (χ1v) is 5.13. The Morgan fingerprint density at radius 2 is 2.43 bits per heavy atom. The smallest absolute Gasteiger partial charge is 0.124 e. The molecule has 1 aromatic rings. The van der Waals surface area contributed by atoms with Crippen LogP contribution in [0.15, 0.2) is 12.3 Å². The van der Waals surface area contributed by atoms with Crippen LogP contribution in [0.2, 0.25) is 0 Å². The van der Waals surface area contributed by atoms with Gasteiger partial charge in [0, 0.05) is 19.7 Å². The Bertz CT molecular complexity index is 247. The number of aromatic nitrogens is 2. The monoisotopic (exact) mass is 197 g/mol. The molecular weight excluding hydrogens is 178 g/mol. The number of hydrogen-bond donors (Lipinski definition) is 1. The van der Waals surface area contributed by atoms with Crippen molar-refractivity contribution < 1.29 is 4.74 Å². The van der Waals surface area contributed by atoms with Gasteiger partial charge in [-0.25, -0.2) is 4.68 Å². The zero-order valence-electron chi connectivity index (χ0n) is 8.99. The van der Waals surface area contributed by atoms with Gasteiger partial charge in [-0.15, -0.1) is 0 Å². The Morgan fingerprint density at radius 1 is 1.57 bits per heavy atom. The Labute approximate surface area is 85.3 Å². The van der Waals surface area contributed by atoms with Crippen molar-refractivity contribution in [3.8, 4) is 0 Å². The molecule has 0 amide bonds. The third kappa shape index (κ3) is 3.38. The van der Waals surface area contributed by atoms with Gasteiger partial charge >= 0.3 is 0 Å². The van der Waals surface area contributed by atoms with Gasteiger partial charge in [-0.1, -0.05) is 13.3 Å². The molecule has 0 bridgehead atoms. The lowest BCUT2D eigenvalue weighted by Gasteiger charge is -2.08. The summed E-state index contributed by atoms with van der Waals surface area (Å²) in [5.74, 6) is 1.08. The van der Waals surface area contributed by atoms with E-state index in [1.54, 1.807) is 7.11 Å². The summed E-state index contributed by atoms with van der Waals surface area (Å²) in [5.41, 5.74) is 0. The fourth-order valence-electron chi connectivity index (χ4n) is 1.23. The van der Waals surface area contributed by atoms with Crippen LogP contribution in [0.4, 0.5) is 5.82 Å². The van der Waals surface area contributed by atoms with Gasteiger partial charge in [0.15, 0.2) is 0 Å². The zero-order valence-corrected chi connectivity index (χ0v) is 8.99. The number of ether oxygens (including phenoxy) is 1. The molecule has 0 aliphatic heterocycles. The van der Waals surface area contributed by atoms with Crippen molar-refractivity contribution in [2.45, 2.75) is 26.3 Å². The maximum absolute atomic E-state index is 5.01. The van der Waals surface area contributed by atoms with Gasteiger partial charge in [0.2, 0.25) is 0 Å². The van der Waals surface area contributed by atoms with E-state index in [0.29, 0.717) is 6.61 Å². The van der Waals surface area contributed by atoms with Gasteiger partial charge in [-0.2, -0.15) is 5.10 Å². The topological polar surface area (TPSA) is 39.1 Å². The van der Waals surface area contributed by atoms with Crippen molar-refractivity contribution in [2.24, 2.45) is 0 Å². The van der Waals surface area contributed by atoms with Crippen molar-refractivity contribution in [1.82, 2.24) is 9.78 Å². The molecule has 0 aromatic carbocycles. The molecular formula is C10H19N3O. The minimum atomic E-state index is 0.699. The van der Waals surface area contributed by atoms with Crippen LogP contribution < -0.4 is 5.32 Å². The van der Waals surface area contributed by atoms with E-state index in [2.05, 4.69) is 17.3 Å². The number of hydrogen-bond acceptors (Lipinski definition) is 3. The van der Waals surface area contributed by atoms with E-state index in [1.807, 2.05) is 16.9 Å². The SMILES string of the molecule is CCCCNc1ccnn1CCOC. The lowest BCUT2D eigenvalue weighted by molar-refractivity contribution is 0.184. The van der Waals surface area contributed by atoms with E-state index >= 15 is 0 Å². The van der Waals surface area contributed by atoms with Crippen molar-refractivity contribution in [3.05, 3.63) is 12.3 Å². The molecule has 0 aliphatic carbocycles. The predicted molar refractivity (Wildman–Crippen MR) is 57.5 cm³/mol. The minimum Gasteiger partial charge on any atom is -0.383 e. The molecule has 0 aliphatic rings. The van der Waals surface area contributed by atoms with E-state index in [4.69, 9.17) is 4.74 Å². The minimum absolute atomic E-state index is 0.699. The third-order valence-corrected chi connectivity index (χ3v) is 2.06. The third-order valence-electron chi connectivity index (χ3n) is 2.06. The molecule has 0 saturated carbocycles. The summed E-state index contributed by atoms with van der Waals surface area (Å²) in [7, 11) is 1.70. The predicted octanol–water partition coefficient (Wildman–Crippen LogP) is 1.74. The van der Waals surface area contributed by atoms with Crippen molar-refractivity contribution in [1.29, 1.82) is 0 Å². The fraction of sp³-hybridized carbons (Fsp3) is 0.700. The molecule has 1 N–H and O–H groups in total. The molecule has 1 aromatic heterocycles. The molecule has 1 rings (SSSR count). The van der Waals surface area contributed by atoms with Gasteiger partial charge in [0.1, 0.15) is 5.82 Å². The van der Waals surface area contributed by atoms with Crippen LogP contribution in [0.5, 0.6) is 0 Å². The molecule has 0 spiro atoms. The number of methoxy groups -OCH3 is 1. The van der Waals surface area contributed by atoms with Gasteiger partial charge in [-0.05, 0) is 6.42 Å². The van der Waals surface area contributed by atoms with Crippen LogP contribution in [0.1, 0.15) is 19.8 Å². The summed E-state index contributed by atoms with van der Waals surface area (Å²) in [6.45, 7) is 4.70. The molecule has 4 nitrogen and oxygen atoms in total. The molecule has 0 saturated heterocycles. The number of nitrogens with zero attached hydrogens (tertiary/aromatic N) is 2. The van der Waals surface area contributed by atoms with Crippen molar-refractivity contribution >= 4 is 5.82 Å². The van der Waals surface area contributed by atoms with Crippen LogP contribution in [-0.2, 0) is 11.3 Å². The van der Waals surface area contributed by atoms with Gasteiger partial charge in [0.25, 0.3) is 0 Å². The average molecular weight is 197 g/mol. The number of nitrogens with one attached hydrogen (secondary N) is 1.